The molecule has 0 aromatic rings. The van der Waals surface area contributed by atoms with Crippen molar-refractivity contribution in [3.05, 3.63) is 0 Å². The summed E-state index contributed by atoms with van der Waals surface area (Å²) in [6.45, 7) is 7.34. The van der Waals surface area contributed by atoms with Crippen molar-refractivity contribution in [2.45, 2.75) is 77.4 Å². The van der Waals surface area contributed by atoms with Crippen LogP contribution in [0.15, 0.2) is 0 Å². The van der Waals surface area contributed by atoms with Gasteiger partial charge in [0.1, 0.15) is 12.6 Å². The van der Waals surface area contributed by atoms with Gasteiger partial charge in [0, 0.05) is 13.0 Å². The van der Waals surface area contributed by atoms with Crippen molar-refractivity contribution in [3.8, 4) is 0 Å². The number of rotatable bonds is 21. The highest BCUT2D eigenvalue weighted by Gasteiger charge is 2.21. The highest BCUT2D eigenvalue weighted by Crippen LogP contribution is 2.19. The Morgan fingerprint density at radius 2 is 1.27 bits per heavy atom. The second kappa shape index (κ2) is 22.2. The third-order valence-electron chi connectivity index (χ3n) is 5.95. The Hall–Kier alpha value is -1.79. The maximum Gasteiger partial charge on any atom is 0.246 e. The first kappa shape index (κ1) is 33.2. The Morgan fingerprint density at radius 1 is 0.757 bits per heavy atom. The molecule has 3 amide bonds. The SMILES string of the molecule is CC(C)C(NC(=O)CCOCCOCCOCCOCCNC(=O)COC1CCCCCCC1)C(N)=O. The van der Waals surface area contributed by atoms with E-state index >= 15 is 0 Å². The van der Waals surface area contributed by atoms with E-state index in [0.717, 1.165) is 12.8 Å². The van der Waals surface area contributed by atoms with Gasteiger partial charge in [-0.15, -0.1) is 0 Å². The van der Waals surface area contributed by atoms with E-state index in [1.165, 1.54) is 32.1 Å². The Labute approximate surface area is 221 Å². The van der Waals surface area contributed by atoms with Gasteiger partial charge in [-0.3, -0.25) is 14.4 Å². The van der Waals surface area contributed by atoms with E-state index in [-0.39, 0.29) is 43.5 Å². The van der Waals surface area contributed by atoms with Gasteiger partial charge in [0.05, 0.1) is 59.0 Å². The predicted molar refractivity (Wildman–Crippen MR) is 139 cm³/mol. The fraction of sp³-hybridized carbons (Fsp3) is 0.885. The first-order chi connectivity index (χ1) is 17.9. The molecule has 1 rings (SSSR count). The predicted octanol–water partition coefficient (Wildman–Crippen LogP) is 1.31. The number of nitrogens with two attached hydrogens (primary N) is 1. The minimum Gasteiger partial charge on any atom is -0.379 e. The Morgan fingerprint density at radius 3 is 1.81 bits per heavy atom. The van der Waals surface area contributed by atoms with Crippen molar-refractivity contribution in [2.75, 3.05) is 66.0 Å². The van der Waals surface area contributed by atoms with E-state index in [4.69, 9.17) is 29.4 Å². The molecule has 0 bridgehead atoms. The summed E-state index contributed by atoms with van der Waals surface area (Å²) in [5, 5.41) is 5.42. The molecule has 1 unspecified atom stereocenters. The first-order valence-electron chi connectivity index (χ1n) is 13.7. The molecule has 0 spiro atoms. The van der Waals surface area contributed by atoms with Crippen LogP contribution in [0.5, 0.6) is 0 Å². The van der Waals surface area contributed by atoms with Crippen molar-refractivity contribution >= 4 is 17.7 Å². The van der Waals surface area contributed by atoms with Crippen LogP contribution >= 0.6 is 0 Å². The van der Waals surface area contributed by atoms with Gasteiger partial charge >= 0.3 is 0 Å². The summed E-state index contributed by atoms with van der Waals surface area (Å²) >= 11 is 0. The van der Waals surface area contributed by atoms with E-state index in [2.05, 4.69) is 10.6 Å². The van der Waals surface area contributed by atoms with Gasteiger partial charge in [0.25, 0.3) is 0 Å². The molecule has 1 aliphatic carbocycles. The third-order valence-corrected chi connectivity index (χ3v) is 5.95. The molecule has 0 radical (unpaired) electrons. The zero-order valence-electron chi connectivity index (χ0n) is 22.8. The number of ether oxygens (including phenoxy) is 5. The zero-order chi connectivity index (χ0) is 27.1. The molecule has 1 atom stereocenters. The van der Waals surface area contributed by atoms with Crippen LogP contribution in [0.3, 0.4) is 0 Å². The fourth-order valence-electron chi connectivity index (χ4n) is 3.83. The summed E-state index contributed by atoms with van der Waals surface area (Å²) in [6, 6.07) is -0.674. The van der Waals surface area contributed by atoms with Gasteiger partial charge in [-0.2, -0.15) is 0 Å². The van der Waals surface area contributed by atoms with Crippen molar-refractivity contribution < 1.29 is 38.1 Å². The molecule has 4 N–H and O–H groups in total. The quantitative estimate of drug-likeness (QED) is 0.188. The van der Waals surface area contributed by atoms with Crippen molar-refractivity contribution in [1.82, 2.24) is 10.6 Å². The molecule has 11 nitrogen and oxygen atoms in total. The molecule has 0 aliphatic heterocycles. The number of carbonyl (C=O) groups is 3. The van der Waals surface area contributed by atoms with E-state index < -0.39 is 11.9 Å². The van der Waals surface area contributed by atoms with Crippen LogP contribution in [-0.4, -0.2) is 95.9 Å². The number of hydrogen-bond acceptors (Lipinski definition) is 8. The molecule has 0 aromatic heterocycles. The summed E-state index contributed by atoms with van der Waals surface area (Å²) in [6.07, 6.45) is 8.67. The van der Waals surface area contributed by atoms with Crippen LogP contribution in [0.4, 0.5) is 0 Å². The summed E-state index contributed by atoms with van der Waals surface area (Å²) < 4.78 is 27.4. The second-order valence-electron chi connectivity index (χ2n) is 9.52. The van der Waals surface area contributed by atoms with Gasteiger partial charge in [0.2, 0.25) is 17.7 Å². The largest absolute Gasteiger partial charge is 0.379 e. The molecule has 1 fully saturated rings. The molecule has 216 valence electrons. The van der Waals surface area contributed by atoms with Crippen LogP contribution in [0, 0.1) is 5.92 Å². The molecule has 11 heteroatoms. The van der Waals surface area contributed by atoms with E-state index in [9.17, 15) is 14.4 Å². The molecular weight excluding hydrogens is 482 g/mol. The highest BCUT2D eigenvalue weighted by molar-refractivity contribution is 5.86. The van der Waals surface area contributed by atoms with Crippen LogP contribution in [-0.2, 0) is 38.1 Å². The third kappa shape index (κ3) is 19.0. The lowest BCUT2D eigenvalue weighted by molar-refractivity contribution is -0.129. The van der Waals surface area contributed by atoms with Crippen LogP contribution in [0.2, 0.25) is 0 Å². The van der Waals surface area contributed by atoms with Crippen LogP contribution in [0.25, 0.3) is 0 Å². The van der Waals surface area contributed by atoms with E-state index in [1.807, 2.05) is 13.8 Å². The standard InChI is InChI=1S/C26H49N3O8/c1-21(2)25(26(27)32)29-23(30)10-12-33-14-16-35-18-19-36-17-15-34-13-11-28-24(31)20-37-22-8-6-4-3-5-7-9-22/h21-22,25H,3-20H2,1-2H3,(H2,27,32)(H,28,31)(H,29,30). The minimum atomic E-state index is -0.674. The maximum absolute atomic E-state index is 11.9. The van der Waals surface area contributed by atoms with Gasteiger partial charge in [-0.25, -0.2) is 0 Å². The molecular formula is C26H49N3O8. The van der Waals surface area contributed by atoms with Crippen molar-refractivity contribution in [2.24, 2.45) is 11.7 Å². The summed E-state index contributed by atoms with van der Waals surface area (Å²) in [4.78, 5) is 35.0. The average molecular weight is 532 g/mol. The van der Waals surface area contributed by atoms with Crippen molar-refractivity contribution in [1.29, 1.82) is 0 Å². The highest BCUT2D eigenvalue weighted by atomic mass is 16.6. The average Bonchev–Trinajstić information content (AvgIpc) is 2.83. The smallest absolute Gasteiger partial charge is 0.246 e. The zero-order valence-corrected chi connectivity index (χ0v) is 22.8. The lowest BCUT2D eigenvalue weighted by atomic mass is 9.99. The Bertz CT molecular complexity index is 613. The monoisotopic (exact) mass is 531 g/mol. The van der Waals surface area contributed by atoms with Gasteiger partial charge in [-0.05, 0) is 18.8 Å². The molecule has 0 heterocycles. The Balaban J connectivity index is 1.83. The second-order valence-corrected chi connectivity index (χ2v) is 9.52. The molecule has 1 aliphatic rings. The van der Waals surface area contributed by atoms with Crippen molar-refractivity contribution in [3.63, 3.8) is 0 Å². The Kier molecular flexibility index (Phi) is 20.0. The summed E-state index contributed by atoms with van der Waals surface area (Å²) in [5.41, 5.74) is 5.28. The van der Waals surface area contributed by atoms with Gasteiger partial charge in [0.15, 0.2) is 0 Å². The lowest BCUT2D eigenvalue weighted by Gasteiger charge is -2.20. The molecule has 1 saturated carbocycles. The first-order valence-corrected chi connectivity index (χ1v) is 13.7. The fourth-order valence-corrected chi connectivity index (χ4v) is 3.83. The number of primary amides is 1. The van der Waals surface area contributed by atoms with Gasteiger partial charge in [-0.1, -0.05) is 46.0 Å². The number of hydrogen-bond donors (Lipinski definition) is 3. The number of nitrogens with one attached hydrogen (secondary N) is 2. The topological polar surface area (TPSA) is 147 Å². The van der Waals surface area contributed by atoms with E-state index in [1.54, 1.807) is 0 Å². The number of carbonyl (C=O) groups excluding carboxylic acids is 3. The minimum absolute atomic E-state index is 0.0669. The van der Waals surface area contributed by atoms with Gasteiger partial charge < -0.3 is 40.1 Å². The molecule has 0 saturated heterocycles. The molecule has 0 aromatic carbocycles. The normalized spacial score (nSPS) is 15.6. The maximum atomic E-state index is 11.9. The summed E-state index contributed by atoms with van der Waals surface area (Å²) in [7, 11) is 0. The summed E-state index contributed by atoms with van der Waals surface area (Å²) in [5.74, 6) is -0.987. The van der Waals surface area contributed by atoms with E-state index in [0.29, 0.717) is 52.8 Å². The number of amides is 3. The van der Waals surface area contributed by atoms with Crippen LogP contribution < -0.4 is 16.4 Å². The lowest BCUT2D eigenvalue weighted by Crippen LogP contribution is -2.47. The van der Waals surface area contributed by atoms with Crippen LogP contribution in [0.1, 0.15) is 65.2 Å². The molecule has 37 heavy (non-hydrogen) atoms.